The first-order valence-electron chi connectivity index (χ1n) is 2.30. The first-order chi connectivity index (χ1) is 4.22. The molecule has 0 saturated carbocycles. The van der Waals surface area contributed by atoms with E-state index in [0.717, 1.165) is 6.21 Å². The Morgan fingerprint density at radius 2 is 2.33 bits per heavy atom. The van der Waals surface area contributed by atoms with Gasteiger partial charge >= 0.3 is 0 Å². The fraction of sp³-hybridized carbons (Fsp3) is 0.200. The number of nitrogens with one attached hydrogen (secondary N) is 2. The largest absolute Gasteiger partial charge is 0.354 e. The molecule has 0 rings (SSSR count). The van der Waals surface area contributed by atoms with Gasteiger partial charge in [0.05, 0.1) is 0 Å². The summed E-state index contributed by atoms with van der Waals surface area (Å²) < 4.78 is 0. The van der Waals surface area contributed by atoms with Crippen molar-refractivity contribution < 1.29 is 4.79 Å². The summed E-state index contributed by atoms with van der Waals surface area (Å²) in [6.45, 7) is 0. The molecule has 0 radical (unpaired) electrons. The minimum Gasteiger partial charge on any atom is -0.354 e. The maximum absolute atomic E-state index is 10.5. The van der Waals surface area contributed by atoms with Crippen LogP contribution in [0.3, 0.4) is 0 Å². The molecule has 0 aliphatic carbocycles. The van der Waals surface area contributed by atoms with Gasteiger partial charge in [0, 0.05) is 13.3 Å². The number of hydrogen-bond donors (Lipinski definition) is 2. The van der Waals surface area contributed by atoms with Crippen LogP contribution in [0.2, 0.25) is 0 Å². The molecule has 0 aromatic rings. The number of carbonyl (C=O) groups excluding carboxylic acids is 1. The number of carbonyl (C=O) groups is 1. The molecule has 2 N–H and O–H groups in total. The molecule has 50 valence electrons. The highest BCUT2D eigenvalue weighted by Gasteiger charge is 1.99. The standard InChI is InChI=1S/C5H7ClN2O/c1-8-5(9)4(6)2-3-7/h2-3,7H,1H3,(H,8,9)/b4-2+,7-3?. The van der Waals surface area contributed by atoms with E-state index < -0.39 is 0 Å². The molecule has 9 heavy (non-hydrogen) atoms. The Morgan fingerprint density at radius 3 is 2.67 bits per heavy atom. The molecule has 0 unspecified atom stereocenters. The third-order valence-corrected chi connectivity index (χ3v) is 0.971. The topological polar surface area (TPSA) is 53.0 Å². The van der Waals surface area contributed by atoms with E-state index in [-0.39, 0.29) is 10.9 Å². The Hall–Kier alpha value is -0.830. The van der Waals surface area contributed by atoms with Crippen LogP contribution in [0.15, 0.2) is 11.1 Å². The summed E-state index contributed by atoms with van der Waals surface area (Å²) in [4.78, 5) is 10.5. The van der Waals surface area contributed by atoms with Gasteiger partial charge in [-0.1, -0.05) is 11.6 Å². The lowest BCUT2D eigenvalue weighted by Crippen LogP contribution is -2.17. The van der Waals surface area contributed by atoms with Gasteiger partial charge in [-0.05, 0) is 6.08 Å². The average Bonchev–Trinajstić information content (AvgIpc) is 1.87. The molecule has 0 heterocycles. The summed E-state index contributed by atoms with van der Waals surface area (Å²) >= 11 is 5.33. The third kappa shape index (κ3) is 2.87. The highest BCUT2D eigenvalue weighted by molar-refractivity contribution is 6.42. The molecule has 0 aromatic carbocycles. The van der Waals surface area contributed by atoms with Gasteiger partial charge in [-0.25, -0.2) is 0 Å². The van der Waals surface area contributed by atoms with E-state index in [0.29, 0.717) is 0 Å². The number of hydrogen-bond acceptors (Lipinski definition) is 2. The first-order valence-corrected chi connectivity index (χ1v) is 2.68. The predicted molar refractivity (Wildman–Crippen MR) is 36.8 cm³/mol. The van der Waals surface area contributed by atoms with Crippen LogP contribution in [0.5, 0.6) is 0 Å². The van der Waals surface area contributed by atoms with Crippen LogP contribution in [0, 0.1) is 5.41 Å². The molecule has 0 fully saturated rings. The number of halogens is 1. The smallest absolute Gasteiger partial charge is 0.262 e. The van der Waals surface area contributed by atoms with Crippen molar-refractivity contribution in [1.29, 1.82) is 5.41 Å². The molecule has 0 atom stereocenters. The molecule has 0 aliphatic rings. The highest BCUT2D eigenvalue weighted by atomic mass is 35.5. The van der Waals surface area contributed by atoms with E-state index in [4.69, 9.17) is 17.0 Å². The summed E-state index contributed by atoms with van der Waals surface area (Å²) in [5.74, 6) is -0.375. The van der Waals surface area contributed by atoms with Gasteiger partial charge in [0.1, 0.15) is 5.03 Å². The normalized spacial score (nSPS) is 10.7. The van der Waals surface area contributed by atoms with Gasteiger partial charge in [-0.2, -0.15) is 0 Å². The number of allylic oxidation sites excluding steroid dienone is 1. The van der Waals surface area contributed by atoms with Crippen LogP contribution in [0.25, 0.3) is 0 Å². The van der Waals surface area contributed by atoms with Crippen molar-refractivity contribution in [2.24, 2.45) is 0 Å². The van der Waals surface area contributed by atoms with E-state index in [1.54, 1.807) is 0 Å². The van der Waals surface area contributed by atoms with E-state index in [2.05, 4.69) is 5.32 Å². The Kier molecular flexibility index (Phi) is 3.71. The van der Waals surface area contributed by atoms with Crippen LogP contribution in [-0.2, 0) is 4.79 Å². The summed E-state index contributed by atoms with van der Waals surface area (Å²) in [7, 11) is 1.47. The maximum atomic E-state index is 10.5. The van der Waals surface area contributed by atoms with Gasteiger partial charge in [0.2, 0.25) is 0 Å². The maximum Gasteiger partial charge on any atom is 0.262 e. The summed E-state index contributed by atoms with van der Waals surface area (Å²) in [5.41, 5.74) is 0. The summed E-state index contributed by atoms with van der Waals surface area (Å²) in [6.07, 6.45) is 2.16. The second-order valence-electron chi connectivity index (χ2n) is 1.26. The zero-order valence-corrected chi connectivity index (χ0v) is 5.70. The predicted octanol–water partition coefficient (Wildman–Crippen LogP) is 0.505. The number of likely N-dealkylation sites (N-methyl/N-ethyl adjacent to an activating group) is 1. The van der Waals surface area contributed by atoms with Crippen LogP contribution in [0.1, 0.15) is 0 Å². The molecule has 4 heteroatoms. The van der Waals surface area contributed by atoms with E-state index in [1.165, 1.54) is 13.1 Å². The molecular formula is C5H7ClN2O. The van der Waals surface area contributed by atoms with Gasteiger partial charge < -0.3 is 10.7 Å². The first kappa shape index (κ1) is 8.17. The lowest BCUT2D eigenvalue weighted by atomic mass is 10.5. The third-order valence-electron chi connectivity index (χ3n) is 0.674. The fourth-order valence-corrected chi connectivity index (χ4v) is 0.426. The van der Waals surface area contributed by atoms with Crippen molar-refractivity contribution in [1.82, 2.24) is 5.32 Å². The van der Waals surface area contributed by atoms with Gasteiger partial charge in [-0.15, -0.1) is 0 Å². The van der Waals surface area contributed by atoms with Crippen LogP contribution < -0.4 is 5.32 Å². The second-order valence-corrected chi connectivity index (χ2v) is 1.67. The molecule has 3 nitrogen and oxygen atoms in total. The van der Waals surface area contributed by atoms with Crippen molar-refractivity contribution in [3.8, 4) is 0 Å². The van der Waals surface area contributed by atoms with Crippen LogP contribution in [-0.4, -0.2) is 19.2 Å². The molecule has 1 amide bonds. The monoisotopic (exact) mass is 146 g/mol. The van der Waals surface area contributed by atoms with Crippen molar-refractivity contribution >= 4 is 23.7 Å². The Bertz CT molecular complexity index is 153. The lowest BCUT2D eigenvalue weighted by Gasteiger charge is -1.92. The minimum atomic E-state index is -0.375. The molecule has 0 bridgehead atoms. The van der Waals surface area contributed by atoms with Crippen molar-refractivity contribution in [2.45, 2.75) is 0 Å². The van der Waals surface area contributed by atoms with E-state index in [9.17, 15) is 4.79 Å². The Labute approximate surface area is 58.2 Å². The SMILES string of the molecule is CNC(=O)/C(Cl)=C\C=N. The van der Waals surface area contributed by atoms with Crippen molar-refractivity contribution in [3.63, 3.8) is 0 Å². The Balaban J connectivity index is 4.01. The van der Waals surface area contributed by atoms with Crippen LogP contribution >= 0.6 is 11.6 Å². The Morgan fingerprint density at radius 1 is 1.78 bits per heavy atom. The second kappa shape index (κ2) is 4.09. The van der Waals surface area contributed by atoms with E-state index in [1.807, 2.05) is 0 Å². The summed E-state index contributed by atoms with van der Waals surface area (Å²) in [5, 5.41) is 8.86. The van der Waals surface area contributed by atoms with Crippen LogP contribution in [0.4, 0.5) is 0 Å². The van der Waals surface area contributed by atoms with Gasteiger partial charge in [0.25, 0.3) is 5.91 Å². The molecule has 0 aromatic heterocycles. The summed E-state index contributed by atoms with van der Waals surface area (Å²) in [6, 6.07) is 0. The molecule has 0 aliphatic heterocycles. The van der Waals surface area contributed by atoms with Crippen molar-refractivity contribution in [2.75, 3.05) is 7.05 Å². The zero-order chi connectivity index (χ0) is 7.28. The zero-order valence-electron chi connectivity index (χ0n) is 4.94. The highest BCUT2D eigenvalue weighted by Crippen LogP contribution is 1.97. The number of amides is 1. The fourth-order valence-electron chi connectivity index (χ4n) is 0.268. The molecule has 0 spiro atoms. The van der Waals surface area contributed by atoms with Gasteiger partial charge in [-0.3, -0.25) is 4.79 Å². The van der Waals surface area contributed by atoms with Gasteiger partial charge in [0.15, 0.2) is 0 Å². The molecular weight excluding hydrogens is 140 g/mol. The average molecular weight is 147 g/mol. The molecule has 0 saturated heterocycles. The minimum absolute atomic E-state index is 0.0208. The van der Waals surface area contributed by atoms with E-state index >= 15 is 0 Å². The quantitative estimate of drug-likeness (QED) is 0.433. The lowest BCUT2D eigenvalue weighted by molar-refractivity contribution is -0.116. The number of rotatable bonds is 2. The van der Waals surface area contributed by atoms with Crippen molar-refractivity contribution in [3.05, 3.63) is 11.1 Å².